The first-order valence-electron chi connectivity index (χ1n) is 4.70. The lowest BCUT2D eigenvalue weighted by Gasteiger charge is -2.02. The molecule has 0 fully saturated rings. The van der Waals surface area contributed by atoms with Gasteiger partial charge in [0.05, 0.1) is 0 Å². The Morgan fingerprint density at radius 2 is 2.08 bits per heavy atom. The zero-order chi connectivity index (χ0) is 9.52. The highest BCUT2D eigenvalue weighted by atomic mass is 16.1. The molecule has 0 unspecified atom stereocenters. The third kappa shape index (κ3) is 3.78. The lowest BCUT2D eigenvalue weighted by molar-refractivity contribution is -0.121. The van der Waals surface area contributed by atoms with Crippen LogP contribution in [0, 0.1) is 0 Å². The van der Waals surface area contributed by atoms with E-state index in [0.29, 0.717) is 6.42 Å². The first-order chi connectivity index (χ1) is 6.33. The van der Waals surface area contributed by atoms with Crippen LogP contribution in [0.1, 0.15) is 19.8 Å². The minimum atomic E-state index is 0.148. The quantitative estimate of drug-likeness (QED) is 0.730. The molecule has 1 heterocycles. The highest BCUT2D eigenvalue weighted by molar-refractivity contribution is 5.75. The fourth-order valence-electron chi connectivity index (χ4n) is 1.23. The number of carbonyl (C=O) groups is 1. The molecule has 1 rings (SSSR count). The summed E-state index contributed by atoms with van der Waals surface area (Å²) >= 11 is 0. The van der Waals surface area contributed by atoms with Gasteiger partial charge in [-0.2, -0.15) is 0 Å². The maximum Gasteiger partial charge on any atom is 0.220 e. The smallest absolute Gasteiger partial charge is 0.220 e. The van der Waals surface area contributed by atoms with Gasteiger partial charge < -0.3 is 9.88 Å². The van der Waals surface area contributed by atoms with Gasteiger partial charge >= 0.3 is 0 Å². The van der Waals surface area contributed by atoms with Crippen LogP contribution in [0.25, 0.3) is 0 Å². The van der Waals surface area contributed by atoms with Gasteiger partial charge in [0.2, 0.25) is 5.91 Å². The van der Waals surface area contributed by atoms with Crippen LogP contribution in [0.4, 0.5) is 0 Å². The molecule has 1 aromatic heterocycles. The molecule has 3 nitrogen and oxygen atoms in total. The van der Waals surface area contributed by atoms with Gasteiger partial charge in [-0.1, -0.05) is 0 Å². The molecule has 0 bridgehead atoms. The average molecular weight is 180 g/mol. The van der Waals surface area contributed by atoms with Crippen LogP contribution in [0.5, 0.6) is 0 Å². The molecule has 3 heteroatoms. The van der Waals surface area contributed by atoms with E-state index in [0.717, 1.165) is 19.5 Å². The Morgan fingerprint density at radius 3 is 2.69 bits per heavy atom. The molecule has 1 aromatic rings. The fraction of sp³-hybridized carbons (Fsp3) is 0.500. The van der Waals surface area contributed by atoms with Crippen molar-refractivity contribution in [1.29, 1.82) is 0 Å². The van der Waals surface area contributed by atoms with Gasteiger partial charge in [0.15, 0.2) is 0 Å². The van der Waals surface area contributed by atoms with Crippen molar-refractivity contribution in [2.75, 3.05) is 6.54 Å². The predicted octanol–water partition coefficient (Wildman–Crippen LogP) is 1.40. The van der Waals surface area contributed by atoms with E-state index in [9.17, 15) is 4.79 Å². The number of hydrogen-bond donors (Lipinski definition) is 1. The van der Waals surface area contributed by atoms with Crippen molar-refractivity contribution in [3.8, 4) is 0 Å². The molecule has 0 aliphatic heterocycles. The highest BCUT2D eigenvalue weighted by Crippen LogP contribution is 1.96. The van der Waals surface area contributed by atoms with Crippen molar-refractivity contribution < 1.29 is 4.79 Å². The maximum atomic E-state index is 11.1. The molecule has 0 spiro atoms. The van der Waals surface area contributed by atoms with Crippen LogP contribution in [-0.4, -0.2) is 17.0 Å². The number of aryl methyl sites for hydroxylation is 1. The summed E-state index contributed by atoms with van der Waals surface area (Å²) < 4.78 is 2.08. The predicted molar refractivity (Wildman–Crippen MR) is 52.3 cm³/mol. The second-order valence-corrected chi connectivity index (χ2v) is 2.98. The highest BCUT2D eigenvalue weighted by Gasteiger charge is 1.98. The van der Waals surface area contributed by atoms with E-state index in [1.165, 1.54) is 0 Å². The number of nitrogens with zero attached hydrogens (tertiary/aromatic N) is 1. The van der Waals surface area contributed by atoms with Crippen molar-refractivity contribution in [2.45, 2.75) is 26.3 Å². The zero-order valence-corrected chi connectivity index (χ0v) is 7.99. The standard InChI is InChI=1S/C10H16N2O/c1-2-11-10(13)6-5-9-12-7-3-4-8-12/h3-4,7-8H,2,5-6,9H2,1H3,(H,11,13). The molecular formula is C10H16N2O. The number of hydrogen-bond acceptors (Lipinski definition) is 1. The van der Waals surface area contributed by atoms with E-state index < -0.39 is 0 Å². The van der Waals surface area contributed by atoms with E-state index in [1.54, 1.807) is 0 Å². The molecule has 13 heavy (non-hydrogen) atoms. The summed E-state index contributed by atoms with van der Waals surface area (Å²) in [4.78, 5) is 11.1. The van der Waals surface area contributed by atoms with Crippen molar-refractivity contribution in [2.24, 2.45) is 0 Å². The molecule has 1 N–H and O–H groups in total. The van der Waals surface area contributed by atoms with E-state index >= 15 is 0 Å². The van der Waals surface area contributed by atoms with Gasteiger partial charge in [-0.25, -0.2) is 0 Å². The Labute approximate surface area is 78.8 Å². The minimum absolute atomic E-state index is 0.148. The second-order valence-electron chi connectivity index (χ2n) is 2.98. The molecule has 0 saturated heterocycles. The van der Waals surface area contributed by atoms with Gasteiger partial charge in [0.1, 0.15) is 0 Å². The van der Waals surface area contributed by atoms with E-state index in [4.69, 9.17) is 0 Å². The first-order valence-corrected chi connectivity index (χ1v) is 4.70. The minimum Gasteiger partial charge on any atom is -0.356 e. The molecule has 0 atom stereocenters. The van der Waals surface area contributed by atoms with Crippen LogP contribution in [0.15, 0.2) is 24.5 Å². The normalized spacial score (nSPS) is 9.92. The first kappa shape index (κ1) is 9.84. The summed E-state index contributed by atoms with van der Waals surface area (Å²) in [6.07, 6.45) is 5.54. The van der Waals surface area contributed by atoms with Crippen LogP contribution in [0.2, 0.25) is 0 Å². The molecule has 0 radical (unpaired) electrons. The van der Waals surface area contributed by atoms with Crippen LogP contribution in [-0.2, 0) is 11.3 Å². The molecule has 72 valence electrons. The van der Waals surface area contributed by atoms with Crippen molar-refractivity contribution in [1.82, 2.24) is 9.88 Å². The Balaban J connectivity index is 2.11. The SMILES string of the molecule is CCNC(=O)CCCn1cccc1. The largest absolute Gasteiger partial charge is 0.356 e. The van der Waals surface area contributed by atoms with Gasteiger partial charge in [0, 0.05) is 31.9 Å². The van der Waals surface area contributed by atoms with E-state index in [1.807, 2.05) is 31.5 Å². The van der Waals surface area contributed by atoms with E-state index in [2.05, 4.69) is 9.88 Å². The van der Waals surface area contributed by atoms with E-state index in [-0.39, 0.29) is 5.91 Å². The molecule has 0 aromatic carbocycles. The monoisotopic (exact) mass is 180 g/mol. The number of nitrogens with one attached hydrogen (secondary N) is 1. The summed E-state index contributed by atoms with van der Waals surface area (Å²) in [5.41, 5.74) is 0. The maximum absolute atomic E-state index is 11.1. The topological polar surface area (TPSA) is 34.0 Å². The summed E-state index contributed by atoms with van der Waals surface area (Å²) in [5.74, 6) is 0.148. The molecular weight excluding hydrogens is 164 g/mol. The summed E-state index contributed by atoms with van der Waals surface area (Å²) in [5, 5.41) is 2.78. The van der Waals surface area contributed by atoms with Gasteiger partial charge in [-0.15, -0.1) is 0 Å². The second kappa shape index (κ2) is 5.41. The summed E-state index contributed by atoms with van der Waals surface area (Å²) in [7, 11) is 0. The van der Waals surface area contributed by atoms with Crippen LogP contribution < -0.4 is 5.32 Å². The van der Waals surface area contributed by atoms with Crippen LogP contribution >= 0.6 is 0 Å². The Kier molecular flexibility index (Phi) is 4.09. The average Bonchev–Trinajstić information content (AvgIpc) is 2.57. The summed E-state index contributed by atoms with van der Waals surface area (Å²) in [6.45, 7) is 3.58. The lowest BCUT2D eigenvalue weighted by atomic mass is 10.3. The molecule has 0 saturated carbocycles. The Morgan fingerprint density at radius 1 is 1.38 bits per heavy atom. The van der Waals surface area contributed by atoms with Crippen LogP contribution in [0.3, 0.4) is 0 Å². The van der Waals surface area contributed by atoms with Gasteiger partial charge in [-0.3, -0.25) is 4.79 Å². The zero-order valence-electron chi connectivity index (χ0n) is 7.99. The Hall–Kier alpha value is -1.25. The summed E-state index contributed by atoms with van der Waals surface area (Å²) in [6, 6.07) is 3.98. The lowest BCUT2D eigenvalue weighted by Crippen LogP contribution is -2.22. The molecule has 0 aliphatic rings. The van der Waals surface area contributed by atoms with Gasteiger partial charge in [0.25, 0.3) is 0 Å². The number of carbonyl (C=O) groups excluding carboxylic acids is 1. The van der Waals surface area contributed by atoms with Gasteiger partial charge in [-0.05, 0) is 25.5 Å². The van der Waals surface area contributed by atoms with Crippen molar-refractivity contribution in [3.63, 3.8) is 0 Å². The van der Waals surface area contributed by atoms with Crippen molar-refractivity contribution >= 4 is 5.91 Å². The number of rotatable bonds is 5. The third-order valence-corrected chi connectivity index (χ3v) is 1.86. The molecule has 0 aliphatic carbocycles. The Bertz CT molecular complexity index is 241. The van der Waals surface area contributed by atoms with Crippen molar-refractivity contribution in [3.05, 3.63) is 24.5 Å². The fourth-order valence-corrected chi connectivity index (χ4v) is 1.23. The number of amides is 1. The number of aromatic nitrogens is 1. The third-order valence-electron chi connectivity index (χ3n) is 1.86. The molecule has 1 amide bonds.